The lowest BCUT2D eigenvalue weighted by molar-refractivity contribution is 0.107. The van der Waals surface area contributed by atoms with Gasteiger partial charge in [0.25, 0.3) is 0 Å². The average molecular weight is 353 g/mol. The molecule has 2 saturated heterocycles. The quantitative estimate of drug-likeness (QED) is 0.603. The Balaban J connectivity index is 2.06. The third-order valence-corrected chi connectivity index (χ3v) is 12.2. The second-order valence-electron chi connectivity index (χ2n) is 6.73. The summed E-state index contributed by atoms with van der Waals surface area (Å²) in [7, 11) is 3.25. The molecule has 2 fully saturated rings. The van der Waals surface area contributed by atoms with E-state index < -0.39 is 6.46 Å². The minimum absolute atomic E-state index is 0.257. The Kier molecular flexibility index (Phi) is 4.94. The fourth-order valence-electron chi connectivity index (χ4n) is 4.34. The van der Waals surface area contributed by atoms with E-state index >= 15 is 0 Å². The van der Waals surface area contributed by atoms with Crippen LogP contribution in [0.1, 0.15) is 54.4 Å². The van der Waals surface area contributed by atoms with Gasteiger partial charge in [0.1, 0.15) is 17.1 Å². The summed E-state index contributed by atoms with van der Waals surface area (Å²) in [6, 6.07) is 3.75. The topological polar surface area (TPSA) is 35.5 Å². The molecule has 0 unspecified atom stereocenters. The van der Waals surface area contributed by atoms with Crippen LogP contribution in [0, 0.1) is 6.92 Å². The number of carbonyl (C=O) groups is 1. The van der Waals surface area contributed by atoms with Crippen molar-refractivity contribution in [1.82, 2.24) is 0 Å². The lowest BCUT2D eigenvalue weighted by Gasteiger charge is -2.42. The van der Waals surface area contributed by atoms with Crippen LogP contribution in [-0.2, 0) is 0 Å². The third kappa shape index (κ3) is 2.78. The van der Waals surface area contributed by atoms with Gasteiger partial charge in [-0.25, -0.2) is 4.79 Å². The second-order valence-corrected chi connectivity index (χ2v) is 12.1. The molecule has 0 N–H and O–H groups in total. The zero-order chi connectivity index (χ0) is 16.6. The molecule has 1 aromatic carbocycles. The van der Waals surface area contributed by atoms with E-state index in [1.807, 2.05) is 19.1 Å². The van der Waals surface area contributed by atoms with E-state index in [4.69, 9.17) is 21.7 Å². The number of benzene rings is 1. The Labute approximate surface area is 144 Å². The first-order chi connectivity index (χ1) is 11.0. The molecule has 0 spiro atoms. The third-order valence-electron chi connectivity index (χ3n) is 5.53. The highest BCUT2D eigenvalue weighted by atomic mass is 32.7. The summed E-state index contributed by atoms with van der Waals surface area (Å²) in [6.07, 6.45) is 7.16. The molecule has 0 aromatic heterocycles. The predicted octanol–water partition coefficient (Wildman–Crippen LogP) is 5.12. The van der Waals surface area contributed by atoms with Crippen LogP contribution in [0.4, 0.5) is 0 Å². The Morgan fingerprint density at radius 3 is 2.13 bits per heavy atom. The SMILES string of the molecule is COc1cc(C)c(C(=O)[P+]2(S)C3CCCC2CCC3)c(OC)c1. The maximum absolute atomic E-state index is 13.6. The molecule has 5 heteroatoms. The lowest BCUT2D eigenvalue weighted by Crippen LogP contribution is -2.34. The Morgan fingerprint density at radius 2 is 1.65 bits per heavy atom. The van der Waals surface area contributed by atoms with E-state index in [1.54, 1.807) is 14.2 Å². The van der Waals surface area contributed by atoms with Crippen molar-refractivity contribution in [2.45, 2.75) is 56.8 Å². The zero-order valence-corrected chi connectivity index (χ0v) is 16.0. The summed E-state index contributed by atoms with van der Waals surface area (Å²) in [6.45, 7) is 0.0235. The maximum Gasteiger partial charge on any atom is 0.313 e. The number of methoxy groups -OCH3 is 2. The van der Waals surface area contributed by atoms with Gasteiger partial charge in [-0.15, -0.1) is 0 Å². The smallest absolute Gasteiger partial charge is 0.313 e. The van der Waals surface area contributed by atoms with Crippen molar-refractivity contribution >= 4 is 24.2 Å². The molecule has 0 saturated carbocycles. The van der Waals surface area contributed by atoms with Crippen LogP contribution in [-0.4, -0.2) is 31.1 Å². The molecule has 2 bridgehead atoms. The predicted molar refractivity (Wildman–Crippen MR) is 99.8 cm³/mol. The summed E-state index contributed by atoms with van der Waals surface area (Å²) in [4.78, 5) is 13.6. The number of ether oxygens (including phenoxy) is 2. The van der Waals surface area contributed by atoms with Crippen molar-refractivity contribution in [2.75, 3.05) is 14.2 Å². The fourth-order valence-corrected chi connectivity index (χ4v) is 10.2. The standard InChI is InChI=1S/C18H26O3PS/c1-12-10-13(20-2)11-16(21-3)17(12)18(19)22(23)14-6-4-7-15(22)9-5-8-14/h10-11,14-15,23H,4-9H2,1-3H3/q+1. The van der Waals surface area contributed by atoms with E-state index in [9.17, 15) is 4.79 Å². The summed E-state index contributed by atoms with van der Waals surface area (Å²) >= 11 is 5.13. The Bertz CT molecular complexity index is 595. The van der Waals surface area contributed by atoms with Crippen LogP contribution >= 0.6 is 18.7 Å². The van der Waals surface area contributed by atoms with Crippen molar-refractivity contribution in [3.63, 3.8) is 0 Å². The largest absolute Gasteiger partial charge is 0.497 e. The van der Waals surface area contributed by atoms with Crippen molar-refractivity contribution < 1.29 is 14.3 Å². The first kappa shape index (κ1) is 17.1. The normalized spacial score (nSPS) is 29.9. The van der Waals surface area contributed by atoms with Crippen LogP contribution in [0.3, 0.4) is 0 Å². The van der Waals surface area contributed by atoms with Crippen molar-refractivity contribution in [3.8, 4) is 11.5 Å². The van der Waals surface area contributed by atoms with Gasteiger partial charge >= 0.3 is 5.52 Å². The summed E-state index contributed by atoms with van der Waals surface area (Å²) < 4.78 is 10.8. The zero-order valence-electron chi connectivity index (χ0n) is 14.2. The molecule has 2 aliphatic rings. The highest BCUT2D eigenvalue weighted by Gasteiger charge is 2.60. The van der Waals surface area contributed by atoms with Crippen LogP contribution in [0.2, 0.25) is 0 Å². The summed E-state index contributed by atoms with van der Waals surface area (Å²) in [5.74, 6) is 1.36. The summed E-state index contributed by atoms with van der Waals surface area (Å²) in [5.41, 5.74) is 2.92. The van der Waals surface area contributed by atoms with Crippen molar-refractivity contribution in [2.24, 2.45) is 0 Å². The molecule has 2 aliphatic heterocycles. The molecule has 0 atom stereocenters. The van der Waals surface area contributed by atoms with E-state index in [1.165, 1.54) is 12.8 Å². The Morgan fingerprint density at radius 1 is 1.09 bits per heavy atom. The lowest BCUT2D eigenvalue weighted by atomic mass is 9.99. The van der Waals surface area contributed by atoms with E-state index in [0.29, 0.717) is 17.1 Å². The van der Waals surface area contributed by atoms with Crippen LogP contribution < -0.4 is 9.47 Å². The molecule has 23 heavy (non-hydrogen) atoms. The minimum Gasteiger partial charge on any atom is -0.497 e. The highest BCUT2D eigenvalue weighted by molar-refractivity contribution is 8.59. The second kappa shape index (κ2) is 6.64. The van der Waals surface area contributed by atoms with Crippen LogP contribution in [0.5, 0.6) is 11.5 Å². The Hall–Kier alpha value is -0.730. The molecule has 0 aliphatic carbocycles. The molecular formula is C18H26O3PS+. The van der Waals surface area contributed by atoms with Gasteiger partial charge in [-0.05, 0) is 57.1 Å². The van der Waals surface area contributed by atoms with Gasteiger partial charge in [0.2, 0.25) is 0 Å². The number of thiol groups is 1. The molecule has 3 rings (SSSR count). The average Bonchev–Trinajstić information content (AvgIpc) is 2.52. The molecule has 3 nitrogen and oxygen atoms in total. The molecule has 2 heterocycles. The van der Waals surface area contributed by atoms with Crippen molar-refractivity contribution in [3.05, 3.63) is 23.3 Å². The maximum atomic E-state index is 13.6. The fraction of sp³-hybridized carbons (Fsp3) is 0.611. The number of carbonyl (C=O) groups excluding carboxylic acids is 1. The van der Waals surface area contributed by atoms with Gasteiger partial charge in [0, 0.05) is 18.3 Å². The molecule has 1 aromatic rings. The van der Waals surface area contributed by atoms with E-state index in [0.717, 1.165) is 42.6 Å². The number of fused-ring (bicyclic) bond motifs is 2. The van der Waals surface area contributed by atoms with Crippen LogP contribution in [0.25, 0.3) is 0 Å². The van der Waals surface area contributed by atoms with Gasteiger partial charge in [0.05, 0.1) is 25.5 Å². The van der Waals surface area contributed by atoms with Gasteiger partial charge < -0.3 is 9.47 Å². The van der Waals surface area contributed by atoms with Gasteiger partial charge in [-0.3, -0.25) is 0 Å². The highest BCUT2D eigenvalue weighted by Crippen LogP contribution is 2.80. The molecule has 0 radical (unpaired) electrons. The van der Waals surface area contributed by atoms with E-state index in [2.05, 4.69) is 0 Å². The number of hydrogen-bond acceptors (Lipinski definition) is 4. The number of rotatable bonds is 4. The minimum atomic E-state index is -1.95. The first-order valence-corrected chi connectivity index (χ1v) is 11.5. The van der Waals surface area contributed by atoms with Gasteiger partial charge in [0.15, 0.2) is 6.46 Å². The van der Waals surface area contributed by atoms with E-state index in [-0.39, 0.29) is 5.52 Å². The van der Waals surface area contributed by atoms with Crippen molar-refractivity contribution in [1.29, 1.82) is 0 Å². The molecule has 0 amide bonds. The number of hydrogen-bond donors (Lipinski definition) is 1. The van der Waals surface area contributed by atoms with Gasteiger partial charge in [-0.2, -0.15) is 0 Å². The molecule has 126 valence electrons. The summed E-state index contributed by atoms with van der Waals surface area (Å²) in [5, 5.41) is 0. The van der Waals surface area contributed by atoms with Crippen LogP contribution in [0.15, 0.2) is 12.1 Å². The number of aryl methyl sites for hydroxylation is 1. The monoisotopic (exact) mass is 353 g/mol. The first-order valence-electron chi connectivity index (χ1n) is 8.41. The molecular weight excluding hydrogens is 327 g/mol. The van der Waals surface area contributed by atoms with Gasteiger partial charge in [-0.1, -0.05) is 0 Å².